The lowest BCUT2D eigenvalue weighted by atomic mass is 9.88. The van der Waals surface area contributed by atoms with E-state index in [0.29, 0.717) is 11.8 Å². The van der Waals surface area contributed by atoms with E-state index in [9.17, 15) is 4.79 Å². The molecule has 1 heterocycles. The van der Waals surface area contributed by atoms with Crippen LogP contribution in [0.5, 0.6) is 0 Å². The molecule has 2 N–H and O–H groups in total. The number of hydrogen-bond donors (Lipinski definition) is 2. The van der Waals surface area contributed by atoms with Crippen LogP contribution in [0.15, 0.2) is 30.3 Å². The van der Waals surface area contributed by atoms with Crippen LogP contribution in [-0.2, 0) is 4.79 Å². The third kappa shape index (κ3) is 3.80. The number of nitrogens with one attached hydrogen (secondary N) is 2. The van der Waals surface area contributed by atoms with Gasteiger partial charge in [0, 0.05) is 12.5 Å². The first-order valence-electron chi connectivity index (χ1n) is 7.22. The van der Waals surface area contributed by atoms with Crippen molar-refractivity contribution in [2.24, 2.45) is 11.8 Å². The van der Waals surface area contributed by atoms with Crippen molar-refractivity contribution in [3.63, 3.8) is 0 Å². The minimum absolute atomic E-state index is 0.133. The van der Waals surface area contributed by atoms with Crippen molar-refractivity contribution in [3.05, 3.63) is 35.9 Å². The van der Waals surface area contributed by atoms with Crippen molar-refractivity contribution in [2.75, 3.05) is 19.6 Å². The number of carbonyl (C=O) groups excluding carboxylic acids is 1. The maximum atomic E-state index is 12.0. The van der Waals surface area contributed by atoms with E-state index in [4.69, 9.17) is 0 Å². The van der Waals surface area contributed by atoms with E-state index in [1.54, 1.807) is 0 Å². The molecule has 1 aliphatic heterocycles. The van der Waals surface area contributed by atoms with Crippen molar-refractivity contribution in [2.45, 2.75) is 26.2 Å². The molecule has 0 aromatic heterocycles. The van der Waals surface area contributed by atoms with E-state index >= 15 is 0 Å². The minimum atomic E-state index is 0.133. The quantitative estimate of drug-likeness (QED) is 0.823. The van der Waals surface area contributed by atoms with Gasteiger partial charge < -0.3 is 10.6 Å². The van der Waals surface area contributed by atoms with Crippen LogP contribution in [0, 0.1) is 11.8 Å². The Labute approximate surface area is 115 Å². The molecule has 2 atom stereocenters. The van der Waals surface area contributed by atoms with Gasteiger partial charge in [-0.1, -0.05) is 44.2 Å². The van der Waals surface area contributed by atoms with E-state index in [-0.39, 0.29) is 11.8 Å². The van der Waals surface area contributed by atoms with Gasteiger partial charge in [-0.05, 0) is 36.9 Å². The normalized spacial score (nSPS) is 18.4. The van der Waals surface area contributed by atoms with Gasteiger partial charge in [0.2, 0.25) is 5.91 Å². The average molecular weight is 260 g/mol. The van der Waals surface area contributed by atoms with Gasteiger partial charge in [0.1, 0.15) is 0 Å². The first kappa shape index (κ1) is 14.1. The summed E-state index contributed by atoms with van der Waals surface area (Å²) in [5, 5.41) is 6.28. The Morgan fingerprint density at radius 1 is 1.32 bits per heavy atom. The second-order valence-electron chi connectivity index (χ2n) is 5.60. The summed E-state index contributed by atoms with van der Waals surface area (Å²) >= 11 is 0. The summed E-state index contributed by atoms with van der Waals surface area (Å²) in [6.45, 7) is 6.96. The second-order valence-corrected chi connectivity index (χ2v) is 5.60. The zero-order chi connectivity index (χ0) is 13.7. The first-order chi connectivity index (χ1) is 9.18. The number of amides is 1. The summed E-state index contributed by atoms with van der Waals surface area (Å²) in [4.78, 5) is 12.0. The van der Waals surface area contributed by atoms with Crippen LogP contribution in [0.1, 0.15) is 31.7 Å². The van der Waals surface area contributed by atoms with E-state index in [0.717, 1.165) is 26.1 Å². The molecule has 1 aromatic rings. The molecule has 0 saturated carbocycles. The minimum Gasteiger partial charge on any atom is -0.356 e. The highest BCUT2D eigenvalue weighted by Crippen LogP contribution is 2.18. The van der Waals surface area contributed by atoms with E-state index in [1.165, 1.54) is 5.56 Å². The van der Waals surface area contributed by atoms with Crippen LogP contribution < -0.4 is 10.6 Å². The Morgan fingerprint density at radius 2 is 2.00 bits per heavy atom. The Morgan fingerprint density at radius 3 is 2.58 bits per heavy atom. The number of benzene rings is 1. The van der Waals surface area contributed by atoms with Crippen molar-refractivity contribution in [1.29, 1.82) is 0 Å². The molecule has 3 heteroatoms. The fourth-order valence-corrected chi connectivity index (χ4v) is 2.40. The van der Waals surface area contributed by atoms with Gasteiger partial charge in [-0.3, -0.25) is 4.79 Å². The summed E-state index contributed by atoms with van der Waals surface area (Å²) < 4.78 is 0. The zero-order valence-electron chi connectivity index (χ0n) is 11.9. The molecular weight excluding hydrogens is 236 g/mol. The fourth-order valence-electron chi connectivity index (χ4n) is 2.40. The Hall–Kier alpha value is -1.35. The number of carbonyl (C=O) groups is 1. The summed E-state index contributed by atoms with van der Waals surface area (Å²) in [5.74, 6) is 1.34. The Bertz CT molecular complexity index is 400. The van der Waals surface area contributed by atoms with Crippen LogP contribution in [0.25, 0.3) is 0 Å². The maximum Gasteiger partial charge on any atom is 0.223 e. The van der Waals surface area contributed by atoms with Crippen LogP contribution in [0.2, 0.25) is 0 Å². The highest BCUT2D eigenvalue weighted by Gasteiger charge is 2.28. The number of hydrogen-bond acceptors (Lipinski definition) is 2. The Balaban J connectivity index is 1.69. The number of rotatable bonds is 6. The fraction of sp³-hybridized carbons (Fsp3) is 0.562. The van der Waals surface area contributed by atoms with Crippen LogP contribution >= 0.6 is 0 Å². The molecule has 1 saturated heterocycles. The molecule has 3 nitrogen and oxygen atoms in total. The summed E-state index contributed by atoms with van der Waals surface area (Å²) in [6.07, 6.45) is 0.991. The van der Waals surface area contributed by atoms with Crippen LogP contribution in [0.4, 0.5) is 0 Å². The lowest BCUT2D eigenvalue weighted by Gasteiger charge is -2.31. The highest BCUT2D eigenvalue weighted by molar-refractivity contribution is 5.78. The lowest BCUT2D eigenvalue weighted by Crippen LogP contribution is -2.49. The van der Waals surface area contributed by atoms with Gasteiger partial charge in [-0.15, -0.1) is 0 Å². The summed E-state index contributed by atoms with van der Waals surface area (Å²) in [5.41, 5.74) is 1.34. The summed E-state index contributed by atoms with van der Waals surface area (Å²) in [6, 6.07) is 10.5. The van der Waals surface area contributed by atoms with E-state index in [2.05, 4.69) is 41.8 Å². The molecule has 104 valence electrons. The molecule has 1 fully saturated rings. The van der Waals surface area contributed by atoms with E-state index in [1.807, 2.05) is 13.0 Å². The Kier molecular flexibility index (Phi) is 4.97. The molecular formula is C16H24N2O. The lowest BCUT2D eigenvalue weighted by molar-refractivity contribution is -0.126. The average Bonchev–Trinajstić information content (AvgIpc) is 2.37. The predicted octanol–water partition coefficient (Wildman–Crippen LogP) is 2.15. The van der Waals surface area contributed by atoms with Gasteiger partial charge in [0.25, 0.3) is 0 Å². The van der Waals surface area contributed by atoms with Crippen molar-refractivity contribution in [3.8, 4) is 0 Å². The van der Waals surface area contributed by atoms with Gasteiger partial charge >= 0.3 is 0 Å². The molecule has 19 heavy (non-hydrogen) atoms. The van der Waals surface area contributed by atoms with Gasteiger partial charge in [-0.2, -0.15) is 0 Å². The molecule has 0 radical (unpaired) electrons. The zero-order valence-corrected chi connectivity index (χ0v) is 11.9. The van der Waals surface area contributed by atoms with Gasteiger partial charge in [-0.25, -0.2) is 0 Å². The van der Waals surface area contributed by atoms with Crippen molar-refractivity contribution in [1.82, 2.24) is 10.6 Å². The van der Waals surface area contributed by atoms with E-state index < -0.39 is 0 Å². The molecule has 0 spiro atoms. The monoisotopic (exact) mass is 260 g/mol. The molecule has 1 aliphatic rings. The summed E-state index contributed by atoms with van der Waals surface area (Å²) in [7, 11) is 0. The first-order valence-corrected chi connectivity index (χ1v) is 7.22. The van der Waals surface area contributed by atoms with Crippen molar-refractivity contribution < 1.29 is 4.79 Å². The predicted molar refractivity (Wildman–Crippen MR) is 78.0 cm³/mol. The SMILES string of the molecule is CC(CCNC(=O)C(C)C1CNC1)c1ccccc1. The van der Waals surface area contributed by atoms with Gasteiger partial charge in [0.05, 0.1) is 0 Å². The smallest absolute Gasteiger partial charge is 0.223 e. The molecule has 2 unspecified atom stereocenters. The third-order valence-electron chi connectivity index (χ3n) is 4.18. The molecule has 1 amide bonds. The molecule has 1 aromatic carbocycles. The van der Waals surface area contributed by atoms with Crippen LogP contribution in [-0.4, -0.2) is 25.5 Å². The maximum absolute atomic E-state index is 12.0. The largest absolute Gasteiger partial charge is 0.356 e. The topological polar surface area (TPSA) is 41.1 Å². The highest BCUT2D eigenvalue weighted by atomic mass is 16.1. The third-order valence-corrected chi connectivity index (χ3v) is 4.18. The molecule has 0 bridgehead atoms. The van der Waals surface area contributed by atoms with Crippen LogP contribution in [0.3, 0.4) is 0 Å². The molecule has 0 aliphatic carbocycles. The van der Waals surface area contributed by atoms with Crippen molar-refractivity contribution >= 4 is 5.91 Å². The van der Waals surface area contributed by atoms with Gasteiger partial charge in [0.15, 0.2) is 0 Å². The second kappa shape index (κ2) is 6.71. The molecule has 2 rings (SSSR count). The standard InChI is InChI=1S/C16H24N2O/c1-12(14-6-4-3-5-7-14)8-9-18-16(19)13(2)15-10-17-11-15/h3-7,12-13,15,17H,8-11H2,1-2H3,(H,18,19).